The van der Waals surface area contributed by atoms with Crippen molar-refractivity contribution in [3.63, 3.8) is 0 Å². The van der Waals surface area contributed by atoms with E-state index in [1.807, 2.05) is 0 Å². The Labute approximate surface area is 60.7 Å². The van der Waals surface area contributed by atoms with Crippen LogP contribution in [0.3, 0.4) is 0 Å². The molecule has 58 valence electrons. The Hall–Kier alpha value is -1.79. The lowest BCUT2D eigenvalue weighted by Gasteiger charge is -1.92. The lowest BCUT2D eigenvalue weighted by Crippen LogP contribution is -2.09. The quantitative estimate of drug-likeness (QED) is 0.445. The minimum absolute atomic E-state index is 0.162. The molecule has 0 bridgehead atoms. The van der Waals surface area contributed by atoms with Crippen LogP contribution in [0.1, 0.15) is 0 Å². The molecular formula is C4H4N4O3. The van der Waals surface area contributed by atoms with Crippen molar-refractivity contribution in [3.8, 4) is 5.88 Å². The summed E-state index contributed by atoms with van der Waals surface area (Å²) in [6, 6.07) is 0. The second-order valence-electron chi connectivity index (χ2n) is 1.95. The van der Waals surface area contributed by atoms with Gasteiger partial charge in [-0.1, -0.05) is 0 Å². The van der Waals surface area contributed by atoms with Crippen molar-refractivity contribution in [3.05, 3.63) is 16.4 Å². The smallest absolute Gasteiger partial charge is 0.305 e. The molecule has 0 saturated carbocycles. The maximum absolute atomic E-state index is 10.2. The van der Waals surface area contributed by atoms with Gasteiger partial charge in [0.2, 0.25) is 0 Å². The van der Waals surface area contributed by atoms with Gasteiger partial charge in [-0.05, 0) is 4.68 Å². The number of hydrogen-bond donors (Lipinski definition) is 1. The summed E-state index contributed by atoms with van der Waals surface area (Å²) in [7, 11) is 0. The van der Waals surface area contributed by atoms with Crippen LogP contribution in [-0.2, 0) is 0 Å². The highest BCUT2D eigenvalue weighted by molar-refractivity contribution is 5.48. The second kappa shape index (κ2) is 1.84. The van der Waals surface area contributed by atoms with E-state index < -0.39 is 5.03 Å². The van der Waals surface area contributed by atoms with Gasteiger partial charge in [0, 0.05) is 0 Å². The summed E-state index contributed by atoms with van der Waals surface area (Å²) in [5.41, 5.74) is 0. The number of nitrogens with one attached hydrogen (secondary N) is 1. The van der Waals surface area contributed by atoms with Crippen LogP contribution >= 0.6 is 0 Å². The molecule has 1 N–H and O–H groups in total. The number of rotatable bonds is 1. The van der Waals surface area contributed by atoms with E-state index in [-0.39, 0.29) is 12.6 Å². The summed E-state index contributed by atoms with van der Waals surface area (Å²) in [6.07, 6.45) is 1.09. The third kappa shape index (κ3) is 0.704. The fraction of sp³-hybridized carbons (Fsp3) is 0.250. The molecule has 2 heterocycles. The third-order valence-electron chi connectivity index (χ3n) is 1.33. The average Bonchev–Trinajstić information content (AvgIpc) is 2.41. The molecule has 2 rings (SSSR count). The maximum Gasteiger partial charge on any atom is 0.305 e. The van der Waals surface area contributed by atoms with Gasteiger partial charge in [-0.3, -0.25) is 0 Å². The molecule has 0 radical (unpaired) electrons. The molecule has 7 heteroatoms. The monoisotopic (exact) mass is 156 g/mol. The van der Waals surface area contributed by atoms with Crippen molar-refractivity contribution in [1.82, 2.24) is 9.66 Å². The number of aromatic nitrogens is 2. The number of anilines is 1. The van der Waals surface area contributed by atoms with Crippen molar-refractivity contribution < 1.29 is 9.77 Å². The van der Waals surface area contributed by atoms with E-state index in [0.29, 0.717) is 5.82 Å². The molecule has 0 aliphatic carbocycles. The summed E-state index contributed by atoms with van der Waals surface area (Å²) in [5, 5.41) is 12.4. The predicted octanol–water partition coefficient (Wildman–Crippen LogP) is -0.315. The lowest BCUT2D eigenvalue weighted by atomic mass is 10.7. The van der Waals surface area contributed by atoms with Gasteiger partial charge in [0.1, 0.15) is 0 Å². The van der Waals surface area contributed by atoms with Gasteiger partial charge in [0.25, 0.3) is 0 Å². The average molecular weight is 156 g/mol. The number of imidazole rings is 1. The zero-order valence-electron chi connectivity index (χ0n) is 5.35. The number of fused-ring (bicyclic) bond motifs is 1. The van der Waals surface area contributed by atoms with Gasteiger partial charge in [-0.2, -0.15) is 0 Å². The highest BCUT2D eigenvalue weighted by Gasteiger charge is 2.23. The van der Waals surface area contributed by atoms with E-state index in [2.05, 4.69) is 10.3 Å². The van der Waals surface area contributed by atoms with Crippen LogP contribution in [0.4, 0.5) is 5.82 Å². The molecule has 0 aromatic carbocycles. The van der Waals surface area contributed by atoms with Gasteiger partial charge < -0.3 is 10.1 Å². The van der Waals surface area contributed by atoms with E-state index >= 15 is 0 Å². The van der Waals surface area contributed by atoms with E-state index in [4.69, 9.17) is 4.74 Å². The van der Waals surface area contributed by atoms with Gasteiger partial charge in [-0.15, -0.1) is 0 Å². The largest absolute Gasteiger partial charge is 0.451 e. The summed E-state index contributed by atoms with van der Waals surface area (Å²) < 4.78 is 5.61. The highest BCUT2D eigenvalue weighted by Crippen LogP contribution is 2.26. The number of ether oxygens (including phenoxy) is 1. The Morgan fingerprint density at radius 2 is 2.73 bits per heavy atom. The molecule has 11 heavy (non-hydrogen) atoms. The third-order valence-corrected chi connectivity index (χ3v) is 1.33. The molecule has 1 aliphatic rings. The summed E-state index contributed by atoms with van der Waals surface area (Å²) in [4.78, 5) is 13.9. The molecule has 1 aromatic heterocycles. The van der Waals surface area contributed by atoms with E-state index in [0.717, 1.165) is 11.0 Å². The zero-order chi connectivity index (χ0) is 7.84. The molecule has 1 aromatic rings. The first-order valence-corrected chi connectivity index (χ1v) is 2.88. The fourth-order valence-electron chi connectivity index (χ4n) is 0.873. The molecule has 0 unspecified atom stereocenters. The van der Waals surface area contributed by atoms with Gasteiger partial charge >= 0.3 is 5.88 Å². The van der Waals surface area contributed by atoms with Gasteiger partial charge in [-0.25, -0.2) is 15.1 Å². The fourth-order valence-corrected chi connectivity index (χ4v) is 0.873. The minimum atomic E-state index is -0.598. The first-order valence-electron chi connectivity index (χ1n) is 2.88. The number of hydrogen-bond acceptors (Lipinski definition) is 5. The normalized spacial score (nSPS) is 13.5. The van der Waals surface area contributed by atoms with E-state index in [9.17, 15) is 10.1 Å². The highest BCUT2D eigenvalue weighted by atomic mass is 16.7. The first-order chi connectivity index (χ1) is 5.29. The van der Waals surface area contributed by atoms with Crippen LogP contribution < -0.4 is 10.1 Å². The van der Waals surface area contributed by atoms with E-state index in [1.54, 1.807) is 0 Å². The van der Waals surface area contributed by atoms with Crippen molar-refractivity contribution in [2.24, 2.45) is 0 Å². The van der Waals surface area contributed by atoms with Gasteiger partial charge in [0.15, 0.2) is 23.9 Å². The van der Waals surface area contributed by atoms with Crippen LogP contribution in [0.2, 0.25) is 0 Å². The molecule has 0 saturated heterocycles. The zero-order valence-corrected chi connectivity index (χ0v) is 5.35. The topological polar surface area (TPSA) is 82.2 Å². The Morgan fingerprint density at radius 1 is 1.91 bits per heavy atom. The van der Waals surface area contributed by atoms with Crippen molar-refractivity contribution in [2.75, 3.05) is 12.0 Å². The van der Waals surface area contributed by atoms with Crippen molar-refractivity contribution in [1.29, 1.82) is 0 Å². The Bertz CT molecular complexity index is 306. The molecular weight excluding hydrogens is 152 g/mol. The lowest BCUT2D eigenvalue weighted by molar-refractivity contribution is -0.543. The molecule has 0 fully saturated rings. The van der Waals surface area contributed by atoms with E-state index in [1.165, 1.54) is 0 Å². The molecule has 0 spiro atoms. The Morgan fingerprint density at radius 3 is 3.45 bits per heavy atom. The van der Waals surface area contributed by atoms with Crippen LogP contribution in [0.25, 0.3) is 0 Å². The van der Waals surface area contributed by atoms with Crippen LogP contribution in [-0.4, -0.2) is 21.4 Å². The van der Waals surface area contributed by atoms with Crippen molar-refractivity contribution >= 4 is 5.82 Å². The molecule has 7 nitrogen and oxygen atoms in total. The van der Waals surface area contributed by atoms with Crippen LogP contribution in [0, 0.1) is 10.1 Å². The minimum Gasteiger partial charge on any atom is -0.451 e. The first kappa shape index (κ1) is 5.96. The number of nitro groups is 1. The standard InChI is InChI=1S/C4H4N4O3/c9-8(10)7-1-5-3-4(7)11-2-6-3/h1,6H,2H2. The molecule has 1 aliphatic heterocycles. The second-order valence-corrected chi connectivity index (χ2v) is 1.95. The SMILES string of the molecule is O=[N+]([O-])n1cnc2c1OCN2. The molecule has 0 amide bonds. The summed E-state index contributed by atoms with van der Waals surface area (Å²) in [6.45, 7) is 0.242. The molecule has 0 atom stereocenters. The summed E-state index contributed by atoms with van der Waals surface area (Å²) in [5.74, 6) is 0.580. The summed E-state index contributed by atoms with van der Waals surface area (Å²) >= 11 is 0. The maximum atomic E-state index is 10.2. The predicted molar refractivity (Wildman–Crippen MR) is 33.7 cm³/mol. The van der Waals surface area contributed by atoms with Crippen LogP contribution in [0.5, 0.6) is 5.88 Å². The Kier molecular flexibility index (Phi) is 0.999. The van der Waals surface area contributed by atoms with Gasteiger partial charge in [0.05, 0.1) is 0 Å². The van der Waals surface area contributed by atoms with Crippen molar-refractivity contribution in [2.45, 2.75) is 0 Å². The Balaban J connectivity index is 2.50. The van der Waals surface area contributed by atoms with Crippen LogP contribution in [0.15, 0.2) is 6.33 Å². The number of nitrogens with zero attached hydrogens (tertiary/aromatic N) is 3.